The van der Waals surface area contributed by atoms with Crippen LogP contribution in [0.1, 0.15) is 5.56 Å². The second-order valence-electron chi connectivity index (χ2n) is 5.31. The van der Waals surface area contributed by atoms with Crippen LogP contribution in [0.2, 0.25) is 0 Å². The zero-order valence-corrected chi connectivity index (χ0v) is 14.5. The highest BCUT2D eigenvalue weighted by molar-refractivity contribution is 8.00. The quantitative estimate of drug-likeness (QED) is 0.764. The molecule has 0 unspecified atom stereocenters. The Labute approximate surface area is 145 Å². The van der Waals surface area contributed by atoms with Crippen molar-refractivity contribution in [1.82, 2.24) is 4.31 Å². The van der Waals surface area contributed by atoms with Crippen molar-refractivity contribution in [2.45, 2.75) is 17.5 Å². The molecule has 126 valence electrons. The molecule has 7 heteroatoms. The fraction of sp³-hybridized carbons (Fsp3) is 0.235. The summed E-state index contributed by atoms with van der Waals surface area (Å²) < 4.78 is 32.0. The van der Waals surface area contributed by atoms with Gasteiger partial charge in [-0.1, -0.05) is 48.5 Å². The lowest BCUT2D eigenvalue weighted by Gasteiger charge is -2.21. The molecule has 1 heterocycles. The predicted molar refractivity (Wildman–Crippen MR) is 92.8 cm³/mol. The van der Waals surface area contributed by atoms with Gasteiger partial charge in [0.2, 0.25) is 10.0 Å². The molecule has 5 nitrogen and oxygen atoms in total. The first-order chi connectivity index (χ1) is 11.6. The number of nitrogens with zero attached hydrogens (tertiary/aromatic N) is 1. The Morgan fingerprint density at radius 3 is 2.38 bits per heavy atom. The van der Waals surface area contributed by atoms with E-state index in [1.807, 2.05) is 30.3 Å². The Balaban J connectivity index is 1.72. The number of rotatable bonds is 5. The van der Waals surface area contributed by atoms with Gasteiger partial charge in [-0.3, -0.25) is 4.79 Å². The minimum atomic E-state index is -3.70. The number of hydrogen-bond acceptors (Lipinski definition) is 5. The number of ether oxygens (including phenoxy) is 1. The van der Waals surface area contributed by atoms with E-state index in [0.717, 1.165) is 5.56 Å². The van der Waals surface area contributed by atoms with E-state index >= 15 is 0 Å². The fourth-order valence-corrected chi connectivity index (χ4v) is 5.55. The van der Waals surface area contributed by atoms with Gasteiger partial charge in [-0.25, -0.2) is 8.42 Å². The maximum Gasteiger partial charge on any atom is 0.325 e. The number of thioether (sulfide) groups is 1. The molecule has 0 radical (unpaired) electrons. The van der Waals surface area contributed by atoms with Crippen molar-refractivity contribution in [3.05, 3.63) is 66.2 Å². The lowest BCUT2D eigenvalue weighted by molar-refractivity contribution is -0.148. The summed E-state index contributed by atoms with van der Waals surface area (Å²) in [4.78, 5) is 12.6. The molecule has 1 fully saturated rings. The first-order valence-corrected chi connectivity index (χ1v) is 10.0. The average molecular weight is 363 g/mol. The van der Waals surface area contributed by atoms with E-state index in [1.165, 1.54) is 28.2 Å². The van der Waals surface area contributed by atoms with E-state index in [1.54, 1.807) is 18.2 Å². The minimum Gasteiger partial charge on any atom is -0.460 e. The monoisotopic (exact) mass is 363 g/mol. The Morgan fingerprint density at radius 2 is 1.71 bits per heavy atom. The molecule has 0 bridgehead atoms. The van der Waals surface area contributed by atoms with Crippen molar-refractivity contribution in [3.8, 4) is 0 Å². The standard InChI is InChI=1S/C17H17NO4S2/c19-17(22-11-14-7-3-1-4-8-14)16-12-23-13-18(16)24(20,21)15-9-5-2-6-10-15/h1-10,16H,11-13H2/t16-/m1/s1. The summed E-state index contributed by atoms with van der Waals surface area (Å²) in [6.07, 6.45) is 0. The van der Waals surface area contributed by atoms with Gasteiger partial charge in [0, 0.05) is 5.75 Å². The molecule has 24 heavy (non-hydrogen) atoms. The first kappa shape index (κ1) is 17.0. The molecule has 1 saturated heterocycles. The van der Waals surface area contributed by atoms with Gasteiger partial charge in [0.05, 0.1) is 10.8 Å². The van der Waals surface area contributed by atoms with Crippen LogP contribution in [-0.2, 0) is 26.2 Å². The first-order valence-electron chi connectivity index (χ1n) is 7.44. The summed E-state index contributed by atoms with van der Waals surface area (Å²) in [6.45, 7) is 0.139. The van der Waals surface area contributed by atoms with Crippen LogP contribution in [0.3, 0.4) is 0 Å². The Kier molecular flexibility index (Phi) is 5.23. The van der Waals surface area contributed by atoms with Crippen molar-refractivity contribution >= 4 is 27.8 Å². The number of sulfonamides is 1. The molecular formula is C17H17NO4S2. The van der Waals surface area contributed by atoms with Gasteiger partial charge >= 0.3 is 5.97 Å². The number of carbonyl (C=O) groups is 1. The summed E-state index contributed by atoms with van der Waals surface area (Å²) in [5, 5.41) is 0. The Hall–Kier alpha value is -1.83. The number of benzene rings is 2. The number of esters is 1. The highest BCUT2D eigenvalue weighted by Gasteiger charge is 2.40. The SMILES string of the molecule is O=C(OCc1ccccc1)[C@H]1CSCN1S(=O)(=O)c1ccccc1. The second kappa shape index (κ2) is 7.38. The van der Waals surface area contributed by atoms with Gasteiger partial charge in [-0.15, -0.1) is 11.8 Å². The minimum absolute atomic E-state index is 0.139. The maximum absolute atomic E-state index is 12.7. The molecule has 1 aliphatic rings. The number of carbonyl (C=O) groups excluding carboxylic acids is 1. The van der Waals surface area contributed by atoms with Crippen LogP contribution in [0.4, 0.5) is 0 Å². The second-order valence-corrected chi connectivity index (χ2v) is 8.20. The predicted octanol–water partition coefficient (Wildman–Crippen LogP) is 2.49. The normalized spacial score (nSPS) is 18.4. The number of hydrogen-bond donors (Lipinski definition) is 0. The third-order valence-electron chi connectivity index (χ3n) is 3.69. The summed E-state index contributed by atoms with van der Waals surface area (Å²) in [5.74, 6) is 0.144. The van der Waals surface area contributed by atoms with Gasteiger partial charge < -0.3 is 4.74 Å². The van der Waals surface area contributed by atoms with Crippen LogP contribution in [0.15, 0.2) is 65.6 Å². The van der Waals surface area contributed by atoms with Crippen molar-refractivity contribution in [1.29, 1.82) is 0 Å². The maximum atomic E-state index is 12.7. The van der Waals surface area contributed by atoms with E-state index in [2.05, 4.69) is 0 Å². The van der Waals surface area contributed by atoms with Gasteiger partial charge in [-0.2, -0.15) is 4.31 Å². The molecule has 2 aromatic carbocycles. The summed E-state index contributed by atoms with van der Waals surface area (Å²) in [7, 11) is -3.70. The van der Waals surface area contributed by atoms with Gasteiger partial charge in [0.25, 0.3) is 0 Å². The van der Waals surface area contributed by atoms with Crippen molar-refractivity contribution in [2.75, 3.05) is 11.6 Å². The van der Waals surface area contributed by atoms with Crippen molar-refractivity contribution in [2.24, 2.45) is 0 Å². The third-order valence-corrected chi connectivity index (χ3v) is 6.73. The van der Waals surface area contributed by atoms with E-state index in [9.17, 15) is 13.2 Å². The van der Waals surface area contributed by atoms with Crippen LogP contribution in [0.5, 0.6) is 0 Å². The highest BCUT2D eigenvalue weighted by atomic mass is 32.2. The molecular weight excluding hydrogens is 346 g/mol. The molecule has 0 saturated carbocycles. The topological polar surface area (TPSA) is 63.7 Å². The molecule has 1 aliphatic heterocycles. The molecule has 0 N–H and O–H groups in total. The van der Waals surface area contributed by atoms with Crippen LogP contribution in [0.25, 0.3) is 0 Å². The van der Waals surface area contributed by atoms with Crippen LogP contribution >= 0.6 is 11.8 Å². The molecule has 3 rings (SSSR count). The van der Waals surface area contributed by atoms with Crippen molar-refractivity contribution < 1.29 is 17.9 Å². The lowest BCUT2D eigenvalue weighted by atomic mass is 10.2. The summed E-state index contributed by atoms with van der Waals surface area (Å²) in [5.41, 5.74) is 0.869. The Bertz CT molecular complexity index is 794. The summed E-state index contributed by atoms with van der Waals surface area (Å²) in [6, 6.07) is 16.7. The molecule has 1 atom stereocenters. The van der Waals surface area contributed by atoms with Gasteiger partial charge in [0.15, 0.2) is 0 Å². The smallest absolute Gasteiger partial charge is 0.325 e. The molecule has 0 amide bonds. The average Bonchev–Trinajstić information content (AvgIpc) is 3.12. The largest absolute Gasteiger partial charge is 0.460 e. The van der Waals surface area contributed by atoms with Crippen LogP contribution in [-0.4, -0.2) is 36.4 Å². The zero-order valence-electron chi connectivity index (χ0n) is 12.9. The van der Waals surface area contributed by atoms with E-state index in [0.29, 0.717) is 5.75 Å². The zero-order chi connectivity index (χ0) is 17.0. The molecule has 2 aromatic rings. The van der Waals surface area contributed by atoms with Crippen molar-refractivity contribution in [3.63, 3.8) is 0 Å². The lowest BCUT2D eigenvalue weighted by Crippen LogP contribution is -2.42. The molecule has 0 spiro atoms. The van der Waals surface area contributed by atoms with Crippen LogP contribution in [0, 0.1) is 0 Å². The van der Waals surface area contributed by atoms with E-state index in [-0.39, 0.29) is 17.4 Å². The molecule has 0 aromatic heterocycles. The van der Waals surface area contributed by atoms with Gasteiger partial charge in [0.1, 0.15) is 12.6 Å². The highest BCUT2D eigenvalue weighted by Crippen LogP contribution is 2.29. The molecule has 0 aliphatic carbocycles. The fourth-order valence-electron chi connectivity index (χ4n) is 2.40. The summed E-state index contributed by atoms with van der Waals surface area (Å²) >= 11 is 1.41. The third kappa shape index (κ3) is 3.63. The van der Waals surface area contributed by atoms with E-state index in [4.69, 9.17) is 4.74 Å². The van der Waals surface area contributed by atoms with Crippen LogP contribution < -0.4 is 0 Å². The Morgan fingerprint density at radius 1 is 1.08 bits per heavy atom. The van der Waals surface area contributed by atoms with E-state index < -0.39 is 22.0 Å². The van der Waals surface area contributed by atoms with Gasteiger partial charge in [-0.05, 0) is 17.7 Å².